The zero-order valence-corrected chi connectivity index (χ0v) is 7.44. The van der Waals surface area contributed by atoms with Gasteiger partial charge in [0.15, 0.2) is 0 Å². The van der Waals surface area contributed by atoms with Crippen LogP contribution in [0.1, 0.15) is 0 Å². The summed E-state index contributed by atoms with van der Waals surface area (Å²) in [4.78, 5) is 25.6. The first kappa shape index (κ1) is 22.6. The number of hydrogen-bond acceptors (Lipinski definition) is 4. The van der Waals surface area contributed by atoms with Crippen LogP contribution in [0.5, 0.6) is 0 Å². The van der Waals surface area contributed by atoms with Gasteiger partial charge in [0.25, 0.3) is 0 Å². The van der Waals surface area contributed by atoms with E-state index in [0.717, 1.165) is 0 Å². The van der Waals surface area contributed by atoms with E-state index >= 15 is 0 Å². The standard InChI is InChI=1S/2Al.Li.H3O4P/c;;;1-5(2,3)4/h;;;(H3,1,2,3,4)/q2*+3;+1;/p-3. The molecule has 0 aliphatic rings. The van der Waals surface area contributed by atoms with E-state index in [0.29, 0.717) is 0 Å². The Morgan fingerprint density at radius 2 is 1.00 bits per heavy atom. The van der Waals surface area contributed by atoms with Crippen molar-refractivity contribution in [3.63, 3.8) is 0 Å². The predicted octanol–water partition coefficient (Wildman–Crippen LogP) is -6.58. The molecular formula is Al2LiO4P+4. The van der Waals surface area contributed by atoms with Crippen molar-refractivity contribution in [2.45, 2.75) is 0 Å². The molecule has 0 bridgehead atoms. The molecule has 0 fully saturated rings. The molecule has 0 aliphatic heterocycles. The normalized spacial score (nSPS) is 7.38. The summed E-state index contributed by atoms with van der Waals surface area (Å²) in [7, 11) is -5.39. The van der Waals surface area contributed by atoms with E-state index in [9.17, 15) is 0 Å². The topological polar surface area (TPSA) is 86.2 Å². The average Bonchev–Trinajstić information content (AvgIpc) is 0.722. The van der Waals surface area contributed by atoms with Gasteiger partial charge in [0, 0.05) is 0 Å². The van der Waals surface area contributed by atoms with E-state index in [1.165, 1.54) is 0 Å². The fraction of sp³-hybridized carbons (Fsp3) is 0. The van der Waals surface area contributed by atoms with Gasteiger partial charge >= 0.3 is 53.6 Å². The molecule has 0 N–H and O–H groups in total. The molecule has 0 spiro atoms. The molecule has 0 radical (unpaired) electrons. The van der Waals surface area contributed by atoms with Crippen LogP contribution in [0.3, 0.4) is 0 Å². The van der Waals surface area contributed by atoms with E-state index < -0.39 is 7.82 Å². The van der Waals surface area contributed by atoms with Gasteiger partial charge in [0.05, 0.1) is 0 Å². The molecular weight excluding hydrogens is 156 g/mol. The molecule has 0 amide bonds. The molecule has 0 aromatic carbocycles. The SMILES string of the molecule is O=P([O-])([O-])[O-].[Al+3].[Al+3].[Li+]. The first-order valence-electron chi connectivity index (χ1n) is 0.730. The van der Waals surface area contributed by atoms with E-state index in [1.54, 1.807) is 0 Å². The molecule has 4 nitrogen and oxygen atoms in total. The Kier molecular flexibility index (Phi) is 24.7. The molecule has 0 saturated carbocycles. The van der Waals surface area contributed by atoms with Crippen molar-refractivity contribution in [3.05, 3.63) is 0 Å². The number of hydrogen-bond donors (Lipinski definition) is 0. The van der Waals surface area contributed by atoms with Crippen LogP contribution in [-0.2, 0) is 4.57 Å². The summed E-state index contributed by atoms with van der Waals surface area (Å²) in [5.41, 5.74) is 0. The molecule has 0 unspecified atom stereocenters. The van der Waals surface area contributed by atoms with Crippen LogP contribution in [0, 0.1) is 0 Å². The number of rotatable bonds is 0. The minimum Gasteiger partial charge on any atom is -0.822 e. The first-order valence-corrected chi connectivity index (χ1v) is 2.19. The van der Waals surface area contributed by atoms with Gasteiger partial charge in [-0.25, -0.2) is 0 Å². The van der Waals surface area contributed by atoms with Crippen molar-refractivity contribution < 1.29 is 38.1 Å². The van der Waals surface area contributed by atoms with Crippen LogP contribution in [0.25, 0.3) is 0 Å². The second kappa shape index (κ2) is 8.77. The van der Waals surface area contributed by atoms with Crippen LogP contribution in [0.2, 0.25) is 0 Å². The Morgan fingerprint density at radius 3 is 1.00 bits per heavy atom. The summed E-state index contributed by atoms with van der Waals surface area (Å²) in [6.45, 7) is 0. The Balaban J connectivity index is -0.0000000267. The van der Waals surface area contributed by atoms with E-state index in [1.807, 2.05) is 0 Å². The van der Waals surface area contributed by atoms with Gasteiger partial charge < -0.3 is 19.2 Å². The van der Waals surface area contributed by atoms with Crippen molar-refractivity contribution in [1.82, 2.24) is 0 Å². The summed E-state index contributed by atoms with van der Waals surface area (Å²) < 4.78 is 8.55. The molecule has 32 valence electrons. The Hall–Kier alpha value is 1.77. The van der Waals surface area contributed by atoms with Crippen LogP contribution in [0.15, 0.2) is 0 Å². The number of phosphoric acid groups is 1. The maximum atomic E-state index is 8.55. The van der Waals surface area contributed by atoms with Gasteiger partial charge in [-0.05, 0) is 0 Å². The molecule has 0 heterocycles. The molecule has 0 aromatic rings. The molecule has 0 atom stereocenters. The van der Waals surface area contributed by atoms with Crippen LogP contribution in [0.4, 0.5) is 0 Å². The Bertz CT molecular complexity index is 60.2. The van der Waals surface area contributed by atoms with Gasteiger partial charge in [-0.15, -0.1) is 0 Å². The second-order valence-electron chi connectivity index (χ2n) is 0.447. The minimum atomic E-state index is -5.39. The first-order chi connectivity index (χ1) is 2.00. The minimum absolute atomic E-state index is 0. The van der Waals surface area contributed by atoms with Crippen molar-refractivity contribution in [3.8, 4) is 0 Å². The van der Waals surface area contributed by atoms with Crippen molar-refractivity contribution in [2.24, 2.45) is 0 Å². The maximum Gasteiger partial charge on any atom is 3.00 e. The fourth-order valence-electron chi connectivity index (χ4n) is 0. The molecule has 0 saturated heterocycles. The largest absolute Gasteiger partial charge is 3.00 e. The summed E-state index contributed by atoms with van der Waals surface area (Å²) in [6, 6.07) is 0. The monoisotopic (exact) mass is 156 g/mol. The smallest absolute Gasteiger partial charge is 0.822 e. The summed E-state index contributed by atoms with van der Waals surface area (Å²) in [5, 5.41) is 0. The van der Waals surface area contributed by atoms with Gasteiger partial charge in [0.2, 0.25) is 0 Å². The molecule has 8 heteroatoms. The third-order valence-corrected chi connectivity index (χ3v) is 0. The third kappa shape index (κ3) is 113. The molecule has 0 rings (SSSR count). The summed E-state index contributed by atoms with van der Waals surface area (Å²) >= 11 is 0. The van der Waals surface area contributed by atoms with Crippen molar-refractivity contribution >= 4 is 42.5 Å². The van der Waals surface area contributed by atoms with E-state index in [-0.39, 0.29) is 53.6 Å². The Labute approximate surface area is 80.4 Å². The zero-order valence-electron chi connectivity index (χ0n) is 4.23. The van der Waals surface area contributed by atoms with Crippen LogP contribution >= 0.6 is 7.82 Å². The molecule has 0 aliphatic carbocycles. The summed E-state index contributed by atoms with van der Waals surface area (Å²) in [5.74, 6) is 0. The van der Waals surface area contributed by atoms with Gasteiger partial charge in [0.1, 0.15) is 0 Å². The van der Waals surface area contributed by atoms with Crippen LogP contribution in [-0.4, -0.2) is 34.7 Å². The van der Waals surface area contributed by atoms with Crippen molar-refractivity contribution in [2.75, 3.05) is 0 Å². The second-order valence-corrected chi connectivity index (χ2v) is 1.34. The molecule has 0 aromatic heterocycles. The predicted molar refractivity (Wildman–Crippen MR) is 19.1 cm³/mol. The summed E-state index contributed by atoms with van der Waals surface area (Å²) in [6.07, 6.45) is 0. The van der Waals surface area contributed by atoms with Crippen molar-refractivity contribution in [1.29, 1.82) is 0 Å². The fourth-order valence-corrected chi connectivity index (χ4v) is 0. The van der Waals surface area contributed by atoms with E-state index in [2.05, 4.69) is 0 Å². The zero-order chi connectivity index (χ0) is 4.50. The van der Waals surface area contributed by atoms with Gasteiger partial charge in [-0.3, -0.25) is 0 Å². The van der Waals surface area contributed by atoms with E-state index in [4.69, 9.17) is 19.2 Å². The Morgan fingerprint density at radius 1 is 1.00 bits per heavy atom. The van der Waals surface area contributed by atoms with Crippen LogP contribution < -0.4 is 33.5 Å². The molecule has 8 heavy (non-hydrogen) atoms. The maximum absolute atomic E-state index is 8.55. The third-order valence-electron chi connectivity index (χ3n) is 0. The quantitative estimate of drug-likeness (QED) is 0.257. The average molecular weight is 156 g/mol. The van der Waals surface area contributed by atoms with Gasteiger partial charge in [-0.2, -0.15) is 7.82 Å². The van der Waals surface area contributed by atoms with Gasteiger partial charge in [-0.1, -0.05) is 0 Å².